The third-order valence-electron chi connectivity index (χ3n) is 3.44. The van der Waals surface area contributed by atoms with E-state index >= 15 is 0 Å². The van der Waals surface area contributed by atoms with Gasteiger partial charge in [0.1, 0.15) is 5.82 Å². The van der Waals surface area contributed by atoms with Crippen molar-refractivity contribution in [3.63, 3.8) is 0 Å². The maximum atomic E-state index is 13.1. The van der Waals surface area contributed by atoms with Gasteiger partial charge in [-0.25, -0.2) is 4.39 Å². The zero-order valence-corrected chi connectivity index (χ0v) is 8.82. The molecule has 0 heterocycles. The molecule has 1 N–H and O–H groups in total. The highest BCUT2D eigenvalue weighted by Crippen LogP contribution is 2.41. The Labute approximate surface area is 89.9 Å². The standard InChI is InChI=1S/C13H17FO/c14-12-6-2-5-11(9-12)13(7-8-15)10-3-1-4-10/h2,5-6,9-10,13,15H,1,3-4,7-8H2. The van der Waals surface area contributed by atoms with E-state index in [0.29, 0.717) is 11.8 Å². The van der Waals surface area contributed by atoms with Gasteiger partial charge in [0.2, 0.25) is 0 Å². The quantitative estimate of drug-likeness (QED) is 0.806. The van der Waals surface area contributed by atoms with Crippen molar-refractivity contribution in [1.82, 2.24) is 0 Å². The molecule has 2 rings (SSSR count). The molecule has 1 fully saturated rings. The SMILES string of the molecule is OCCC(c1cccc(F)c1)C1CCC1. The molecule has 0 saturated heterocycles. The van der Waals surface area contributed by atoms with Crippen molar-refractivity contribution < 1.29 is 9.50 Å². The van der Waals surface area contributed by atoms with Crippen LogP contribution in [0.2, 0.25) is 0 Å². The van der Waals surface area contributed by atoms with E-state index in [1.165, 1.54) is 25.3 Å². The van der Waals surface area contributed by atoms with Crippen molar-refractivity contribution in [2.75, 3.05) is 6.61 Å². The predicted molar refractivity (Wildman–Crippen MR) is 58.2 cm³/mol. The molecule has 2 heteroatoms. The number of aliphatic hydroxyl groups is 1. The lowest BCUT2D eigenvalue weighted by Gasteiger charge is -2.34. The molecule has 0 spiro atoms. The lowest BCUT2D eigenvalue weighted by molar-refractivity contribution is 0.206. The van der Waals surface area contributed by atoms with E-state index in [-0.39, 0.29) is 12.4 Å². The van der Waals surface area contributed by atoms with Gasteiger partial charge < -0.3 is 5.11 Å². The topological polar surface area (TPSA) is 20.2 Å². The van der Waals surface area contributed by atoms with Crippen LogP contribution in [0.4, 0.5) is 4.39 Å². The molecule has 1 aliphatic carbocycles. The highest BCUT2D eigenvalue weighted by molar-refractivity contribution is 5.22. The van der Waals surface area contributed by atoms with Crippen LogP contribution in [0.25, 0.3) is 0 Å². The van der Waals surface area contributed by atoms with Gasteiger partial charge in [-0.1, -0.05) is 18.6 Å². The Hall–Kier alpha value is -0.890. The third kappa shape index (κ3) is 2.37. The molecule has 1 nitrogen and oxygen atoms in total. The van der Waals surface area contributed by atoms with Crippen LogP contribution in [0, 0.1) is 11.7 Å². The zero-order valence-electron chi connectivity index (χ0n) is 8.82. The average molecular weight is 208 g/mol. The Kier molecular flexibility index (Phi) is 3.37. The summed E-state index contributed by atoms with van der Waals surface area (Å²) in [6.45, 7) is 0.192. The summed E-state index contributed by atoms with van der Waals surface area (Å²) in [5.74, 6) is 0.827. The van der Waals surface area contributed by atoms with Crippen molar-refractivity contribution in [3.8, 4) is 0 Å². The second-order valence-electron chi connectivity index (χ2n) is 4.36. The summed E-state index contributed by atoms with van der Waals surface area (Å²) in [6.07, 6.45) is 4.48. The molecule has 0 radical (unpaired) electrons. The Morgan fingerprint density at radius 2 is 2.20 bits per heavy atom. The largest absolute Gasteiger partial charge is 0.396 e. The zero-order chi connectivity index (χ0) is 10.7. The average Bonchev–Trinajstić information content (AvgIpc) is 2.14. The molecule has 0 aromatic heterocycles. The van der Waals surface area contributed by atoms with Crippen molar-refractivity contribution in [2.24, 2.45) is 5.92 Å². The maximum Gasteiger partial charge on any atom is 0.123 e. The lowest BCUT2D eigenvalue weighted by Crippen LogP contribution is -2.21. The Morgan fingerprint density at radius 3 is 2.73 bits per heavy atom. The van der Waals surface area contributed by atoms with Crippen LogP contribution in [0.1, 0.15) is 37.2 Å². The van der Waals surface area contributed by atoms with Gasteiger partial charge >= 0.3 is 0 Å². The minimum Gasteiger partial charge on any atom is -0.396 e. The third-order valence-corrected chi connectivity index (χ3v) is 3.44. The fourth-order valence-electron chi connectivity index (χ4n) is 2.39. The van der Waals surface area contributed by atoms with Crippen LogP contribution >= 0.6 is 0 Å². The summed E-state index contributed by atoms with van der Waals surface area (Å²) in [7, 11) is 0. The number of rotatable bonds is 4. The molecular weight excluding hydrogens is 191 g/mol. The van der Waals surface area contributed by atoms with E-state index in [9.17, 15) is 4.39 Å². The first kappa shape index (κ1) is 10.6. The first-order chi connectivity index (χ1) is 7.31. The van der Waals surface area contributed by atoms with Crippen molar-refractivity contribution in [2.45, 2.75) is 31.6 Å². The second kappa shape index (κ2) is 4.75. The van der Waals surface area contributed by atoms with Gasteiger partial charge in [0, 0.05) is 6.61 Å². The molecule has 1 unspecified atom stereocenters. The molecule has 0 aliphatic heterocycles. The van der Waals surface area contributed by atoms with E-state index in [1.807, 2.05) is 6.07 Å². The molecule has 1 atom stereocenters. The molecule has 0 bridgehead atoms. The number of hydrogen-bond donors (Lipinski definition) is 1. The fraction of sp³-hybridized carbons (Fsp3) is 0.538. The molecule has 1 aromatic carbocycles. The van der Waals surface area contributed by atoms with E-state index in [0.717, 1.165) is 12.0 Å². The van der Waals surface area contributed by atoms with E-state index in [2.05, 4.69) is 0 Å². The highest BCUT2D eigenvalue weighted by atomic mass is 19.1. The molecule has 0 amide bonds. The van der Waals surface area contributed by atoms with Crippen LogP contribution < -0.4 is 0 Å². The first-order valence-corrected chi connectivity index (χ1v) is 5.67. The van der Waals surface area contributed by atoms with Gasteiger partial charge in [0.15, 0.2) is 0 Å². The number of halogens is 1. The normalized spacial score (nSPS) is 18.5. The van der Waals surface area contributed by atoms with Crippen molar-refractivity contribution in [1.29, 1.82) is 0 Å². The maximum absolute atomic E-state index is 13.1. The van der Waals surface area contributed by atoms with E-state index in [1.54, 1.807) is 12.1 Å². The molecule has 15 heavy (non-hydrogen) atoms. The van der Waals surface area contributed by atoms with Crippen molar-refractivity contribution >= 4 is 0 Å². The van der Waals surface area contributed by atoms with Gasteiger partial charge in [-0.05, 0) is 48.8 Å². The van der Waals surface area contributed by atoms with Crippen LogP contribution in [-0.4, -0.2) is 11.7 Å². The smallest absolute Gasteiger partial charge is 0.123 e. The monoisotopic (exact) mass is 208 g/mol. The van der Waals surface area contributed by atoms with Gasteiger partial charge in [-0.2, -0.15) is 0 Å². The van der Waals surface area contributed by atoms with Crippen molar-refractivity contribution in [3.05, 3.63) is 35.6 Å². The Bertz CT molecular complexity index is 320. The minimum atomic E-state index is -0.172. The van der Waals surface area contributed by atoms with E-state index < -0.39 is 0 Å². The minimum absolute atomic E-state index is 0.172. The summed E-state index contributed by atoms with van der Waals surface area (Å²) < 4.78 is 13.1. The first-order valence-electron chi connectivity index (χ1n) is 5.67. The van der Waals surface area contributed by atoms with Gasteiger partial charge in [0.25, 0.3) is 0 Å². The molecule has 1 saturated carbocycles. The Balaban J connectivity index is 2.15. The van der Waals surface area contributed by atoms with E-state index in [4.69, 9.17) is 5.11 Å². The van der Waals surface area contributed by atoms with Gasteiger partial charge in [-0.3, -0.25) is 0 Å². The van der Waals surface area contributed by atoms with Crippen LogP contribution in [-0.2, 0) is 0 Å². The van der Waals surface area contributed by atoms with Crippen LogP contribution in [0.15, 0.2) is 24.3 Å². The number of hydrogen-bond acceptors (Lipinski definition) is 1. The van der Waals surface area contributed by atoms with Gasteiger partial charge in [0.05, 0.1) is 0 Å². The molecule has 82 valence electrons. The van der Waals surface area contributed by atoms with Gasteiger partial charge in [-0.15, -0.1) is 0 Å². The fourth-order valence-corrected chi connectivity index (χ4v) is 2.39. The number of benzene rings is 1. The summed E-state index contributed by atoms with van der Waals surface area (Å²) >= 11 is 0. The number of aliphatic hydroxyl groups excluding tert-OH is 1. The molecule has 1 aromatic rings. The van der Waals surface area contributed by atoms with Crippen LogP contribution in [0.3, 0.4) is 0 Å². The molecular formula is C13H17FO. The summed E-state index contributed by atoms with van der Waals surface area (Å²) in [4.78, 5) is 0. The lowest BCUT2D eigenvalue weighted by atomic mass is 9.72. The predicted octanol–water partition coefficient (Wildman–Crippen LogP) is 3.09. The second-order valence-corrected chi connectivity index (χ2v) is 4.36. The summed E-state index contributed by atoms with van der Waals surface area (Å²) in [5.41, 5.74) is 1.05. The molecule has 1 aliphatic rings. The summed E-state index contributed by atoms with van der Waals surface area (Å²) in [6, 6.07) is 6.81. The Morgan fingerprint density at radius 1 is 1.40 bits per heavy atom. The summed E-state index contributed by atoms with van der Waals surface area (Å²) in [5, 5.41) is 9.04. The van der Waals surface area contributed by atoms with Crippen LogP contribution in [0.5, 0.6) is 0 Å². The highest BCUT2D eigenvalue weighted by Gasteiger charge is 2.28.